The second-order valence-electron chi connectivity index (χ2n) is 12.1. The fraction of sp³-hybridized carbons (Fsp3) is 0.351. The Labute approximate surface area is 259 Å². The molecule has 0 aliphatic carbocycles. The molecule has 4 aliphatic heterocycles. The SMILES string of the molecule is COc1cc2c3cc1Oc1c(OC)c(OC)cc4c1[C@@H](Cc1cccc(c1)Oc1ccc(cc1)C[C@H]3N(C)CC2)N(C)CC4. The van der Waals surface area contributed by atoms with Crippen LogP contribution in [0, 0.1) is 0 Å². The quantitative estimate of drug-likeness (QED) is 0.250. The van der Waals surface area contributed by atoms with Gasteiger partial charge in [0.2, 0.25) is 5.75 Å². The summed E-state index contributed by atoms with van der Waals surface area (Å²) in [6.07, 6.45) is 3.48. The average Bonchev–Trinajstić information content (AvgIpc) is 3.04. The molecule has 6 bridgehead atoms. The maximum Gasteiger partial charge on any atom is 0.204 e. The first-order chi connectivity index (χ1) is 21.4. The van der Waals surface area contributed by atoms with Crippen LogP contribution in [0.3, 0.4) is 0 Å². The number of nitrogens with zero attached hydrogens (tertiary/aromatic N) is 2. The van der Waals surface area contributed by atoms with Crippen molar-refractivity contribution >= 4 is 0 Å². The molecule has 8 rings (SSSR count). The molecule has 0 N–H and O–H groups in total. The second-order valence-corrected chi connectivity index (χ2v) is 12.1. The Balaban J connectivity index is 1.46. The molecule has 228 valence electrons. The topological polar surface area (TPSA) is 52.6 Å². The van der Waals surface area contributed by atoms with E-state index in [1.807, 2.05) is 6.07 Å². The minimum absolute atomic E-state index is 0.0458. The van der Waals surface area contributed by atoms with E-state index in [2.05, 4.69) is 84.6 Å². The van der Waals surface area contributed by atoms with Gasteiger partial charge in [0.15, 0.2) is 23.0 Å². The van der Waals surface area contributed by atoms with Gasteiger partial charge in [-0.15, -0.1) is 0 Å². The van der Waals surface area contributed by atoms with E-state index < -0.39 is 0 Å². The largest absolute Gasteiger partial charge is 0.493 e. The van der Waals surface area contributed by atoms with Gasteiger partial charge in [-0.2, -0.15) is 0 Å². The maximum absolute atomic E-state index is 7.01. The number of rotatable bonds is 3. The molecule has 0 saturated carbocycles. The van der Waals surface area contributed by atoms with Crippen LogP contribution in [-0.2, 0) is 25.7 Å². The standard InChI is InChI=1S/C37H40N2O5/c1-38-15-13-25-20-32(40-3)33-22-29(25)30(38)18-23-9-11-27(12-10-23)43-28-8-6-7-24(17-28)19-31-35-26(14-16-39(31)2)21-34(41-4)36(42-5)37(35)44-33/h6-12,17,20-22,30-31H,13-16,18-19H2,1-5H3/t30-,31-/m1/s1. The van der Waals surface area contributed by atoms with Crippen LogP contribution < -0.4 is 23.7 Å². The van der Waals surface area contributed by atoms with E-state index >= 15 is 0 Å². The molecule has 0 fully saturated rings. The van der Waals surface area contributed by atoms with Crippen molar-refractivity contribution in [1.82, 2.24) is 9.80 Å². The van der Waals surface area contributed by atoms with Crippen LogP contribution in [0.5, 0.6) is 40.2 Å². The van der Waals surface area contributed by atoms with Crippen LogP contribution in [0.2, 0.25) is 0 Å². The zero-order chi connectivity index (χ0) is 30.4. The molecule has 0 spiro atoms. The molecule has 4 aromatic rings. The molecule has 7 heteroatoms. The summed E-state index contributed by atoms with van der Waals surface area (Å²) in [7, 11) is 9.46. The number of fused-ring (bicyclic) bond motifs is 2. The minimum Gasteiger partial charge on any atom is -0.493 e. The zero-order valence-corrected chi connectivity index (χ0v) is 26.2. The predicted molar refractivity (Wildman–Crippen MR) is 171 cm³/mol. The monoisotopic (exact) mass is 592 g/mol. The lowest BCUT2D eigenvalue weighted by atomic mass is 9.87. The Kier molecular flexibility index (Phi) is 7.60. The summed E-state index contributed by atoms with van der Waals surface area (Å²) in [5, 5.41) is 0. The normalized spacial score (nSPS) is 19.6. The van der Waals surface area contributed by atoms with E-state index in [0.29, 0.717) is 23.0 Å². The summed E-state index contributed by atoms with van der Waals surface area (Å²) in [6.45, 7) is 1.90. The van der Waals surface area contributed by atoms with Crippen LogP contribution in [0.4, 0.5) is 0 Å². The van der Waals surface area contributed by atoms with Crippen molar-refractivity contribution in [3.05, 3.63) is 100 Å². The smallest absolute Gasteiger partial charge is 0.204 e. The molecule has 0 unspecified atom stereocenters. The molecule has 4 aromatic carbocycles. The molecule has 0 saturated heterocycles. The third-order valence-corrected chi connectivity index (χ3v) is 9.53. The molecule has 4 heterocycles. The Bertz CT molecular complexity index is 1680. The van der Waals surface area contributed by atoms with Crippen LogP contribution in [-0.4, -0.2) is 58.3 Å². The average molecular weight is 593 g/mol. The lowest BCUT2D eigenvalue weighted by Gasteiger charge is -2.37. The number of ether oxygens (including phenoxy) is 5. The number of likely N-dealkylation sites (N-methyl/N-ethyl adjacent to an activating group) is 2. The highest BCUT2D eigenvalue weighted by molar-refractivity contribution is 5.63. The Morgan fingerprint density at radius 1 is 0.659 bits per heavy atom. The molecule has 4 aliphatic rings. The van der Waals surface area contributed by atoms with Crippen LogP contribution in [0.1, 0.15) is 45.5 Å². The van der Waals surface area contributed by atoms with Crippen LogP contribution in [0.25, 0.3) is 0 Å². The van der Waals surface area contributed by atoms with Crippen molar-refractivity contribution < 1.29 is 23.7 Å². The minimum atomic E-state index is 0.0458. The summed E-state index contributed by atoms with van der Waals surface area (Å²) in [5.74, 6) is 5.00. The van der Waals surface area contributed by atoms with Gasteiger partial charge < -0.3 is 23.7 Å². The maximum atomic E-state index is 7.01. The molecular weight excluding hydrogens is 552 g/mol. The van der Waals surface area contributed by atoms with Crippen molar-refractivity contribution in [3.8, 4) is 40.2 Å². The van der Waals surface area contributed by atoms with E-state index in [1.54, 1.807) is 21.3 Å². The van der Waals surface area contributed by atoms with E-state index in [9.17, 15) is 0 Å². The van der Waals surface area contributed by atoms with Gasteiger partial charge in [0.05, 0.1) is 21.3 Å². The molecular formula is C37H40N2O5. The van der Waals surface area contributed by atoms with Crippen molar-refractivity contribution in [3.63, 3.8) is 0 Å². The summed E-state index contributed by atoms with van der Waals surface area (Å²) >= 11 is 0. The van der Waals surface area contributed by atoms with E-state index in [0.717, 1.165) is 61.6 Å². The van der Waals surface area contributed by atoms with Crippen molar-refractivity contribution in [2.24, 2.45) is 0 Å². The van der Waals surface area contributed by atoms with E-state index in [4.69, 9.17) is 23.7 Å². The lowest BCUT2D eigenvalue weighted by Crippen LogP contribution is -2.34. The van der Waals surface area contributed by atoms with Gasteiger partial charge in [-0.1, -0.05) is 24.3 Å². The Morgan fingerprint density at radius 3 is 2.11 bits per heavy atom. The molecule has 7 nitrogen and oxygen atoms in total. The number of hydrogen-bond acceptors (Lipinski definition) is 7. The first-order valence-corrected chi connectivity index (χ1v) is 15.4. The van der Waals surface area contributed by atoms with Crippen LogP contribution >= 0.6 is 0 Å². The predicted octanol–water partition coefficient (Wildman–Crippen LogP) is 7.15. The van der Waals surface area contributed by atoms with E-state index in [-0.39, 0.29) is 12.1 Å². The summed E-state index contributed by atoms with van der Waals surface area (Å²) < 4.78 is 31.2. The Hall–Kier alpha value is -4.20. The van der Waals surface area contributed by atoms with Gasteiger partial charge in [-0.05, 0) is 110 Å². The highest BCUT2D eigenvalue weighted by Gasteiger charge is 2.34. The molecule has 2 atom stereocenters. The zero-order valence-electron chi connectivity index (χ0n) is 26.2. The van der Waals surface area contributed by atoms with Gasteiger partial charge in [-0.3, -0.25) is 9.80 Å². The third kappa shape index (κ3) is 5.14. The molecule has 0 aromatic heterocycles. The first kappa shape index (κ1) is 28.6. The van der Waals surface area contributed by atoms with Gasteiger partial charge in [0.25, 0.3) is 0 Å². The Morgan fingerprint density at radius 2 is 1.36 bits per heavy atom. The highest BCUT2D eigenvalue weighted by Crippen LogP contribution is 2.51. The van der Waals surface area contributed by atoms with E-state index in [1.165, 1.54) is 27.8 Å². The number of methoxy groups -OCH3 is 3. The summed E-state index contributed by atoms with van der Waals surface area (Å²) in [4.78, 5) is 4.84. The molecule has 0 amide bonds. The number of hydrogen-bond donors (Lipinski definition) is 0. The lowest BCUT2D eigenvalue weighted by molar-refractivity contribution is 0.220. The van der Waals surface area contributed by atoms with Crippen molar-refractivity contribution in [1.29, 1.82) is 0 Å². The molecule has 0 radical (unpaired) electrons. The summed E-state index contributed by atoms with van der Waals surface area (Å²) in [5.41, 5.74) is 7.31. The number of benzene rings is 4. The third-order valence-electron chi connectivity index (χ3n) is 9.53. The van der Waals surface area contributed by atoms with Crippen LogP contribution in [0.15, 0.2) is 66.7 Å². The molecule has 44 heavy (non-hydrogen) atoms. The fourth-order valence-electron chi connectivity index (χ4n) is 7.09. The van der Waals surface area contributed by atoms with Crippen molar-refractivity contribution in [2.45, 2.75) is 37.8 Å². The van der Waals surface area contributed by atoms with Crippen molar-refractivity contribution in [2.75, 3.05) is 48.5 Å². The first-order valence-electron chi connectivity index (χ1n) is 15.4. The fourth-order valence-corrected chi connectivity index (χ4v) is 7.09. The van der Waals surface area contributed by atoms with Gasteiger partial charge in [-0.25, -0.2) is 0 Å². The van der Waals surface area contributed by atoms with Gasteiger partial charge in [0.1, 0.15) is 11.5 Å². The van der Waals surface area contributed by atoms with Gasteiger partial charge in [0, 0.05) is 30.7 Å². The van der Waals surface area contributed by atoms with Gasteiger partial charge >= 0.3 is 0 Å². The second kappa shape index (κ2) is 11.7. The summed E-state index contributed by atoms with van der Waals surface area (Å²) in [6, 6.07) is 23.6. The highest BCUT2D eigenvalue weighted by atomic mass is 16.5.